The molecule has 0 saturated carbocycles. The summed E-state index contributed by atoms with van der Waals surface area (Å²) in [7, 11) is 0. The molecule has 0 bridgehead atoms. The summed E-state index contributed by atoms with van der Waals surface area (Å²) in [5.41, 5.74) is 0. The van der Waals surface area contributed by atoms with E-state index in [4.69, 9.17) is 4.74 Å². The van der Waals surface area contributed by atoms with Crippen LogP contribution in [-0.2, 0) is 11.2 Å². The molecule has 0 spiro atoms. The van der Waals surface area contributed by atoms with Gasteiger partial charge in [0.25, 0.3) is 0 Å². The Hall–Kier alpha value is -0.420. The van der Waals surface area contributed by atoms with Crippen LogP contribution in [0.25, 0.3) is 0 Å². The molecule has 2 unspecified atom stereocenters. The van der Waals surface area contributed by atoms with Crippen molar-refractivity contribution in [1.29, 1.82) is 0 Å². The van der Waals surface area contributed by atoms with Crippen molar-refractivity contribution in [2.75, 3.05) is 26.2 Å². The van der Waals surface area contributed by atoms with Gasteiger partial charge in [-0.1, -0.05) is 13.0 Å². The lowest BCUT2D eigenvalue weighted by Crippen LogP contribution is -2.54. The number of nitrogens with zero attached hydrogens (tertiary/aromatic N) is 1. The minimum Gasteiger partial charge on any atom is -0.374 e. The molecule has 3 nitrogen and oxygen atoms in total. The average Bonchev–Trinajstić information content (AvgIpc) is 2.91. The van der Waals surface area contributed by atoms with Gasteiger partial charge in [-0.2, -0.15) is 0 Å². The number of ether oxygens (including phenoxy) is 1. The van der Waals surface area contributed by atoms with Gasteiger partial charge in [0.1, 0.15) is 0 Å². The molecule has 0 amide bonds. The first-order valence-corrected chi connectivity index (χ1v) is 8.20. The van der Waals surface area contributed by atoms with Gasteiger partial charge in [-0.15, -0.1) is 11.3 Å². The van der Waals surface area contributed by atoms with Crippen LogP contribution in [0.5, 0.6) is 0 Å². The van der Waals surface area contributed by atoms with E-state index in [1.807, 2.05) is 11.3 Å². The highest BCUT2D eigenvalue weighted by Gasteiger charge is 2.28. The fourth-order valence-corrected chi connectivity index (χ4v) is 3.42. The summed E-state index contributed by atoms with van der Waals surface area (Å²) in [4.78, 5) is 3.96. The molecule has 19 heavy (non-hydrogen) atoms. The Labute approximate surface area is 121 Å². The Balaban J connectivity index is 1.97. The summed E-state index contributed by atoms with van der Waals surface area (Å²) >= 11 is 1.84. The second-order valence-electron chi connectivity index (χ2n) is 5.45. The molecule has 0 radical (unpaired) electrons. The molecule has 1 aliphatic rings. The molecule has 2 rings (SSSR count). The number of likely N-dealkylation sites (N-methyl/N-ethyl adjacent to an activating group) is 1. The molecule has 0 aliphatic carbocycles. The number of morpholine rings is 1. The normalized spacial score (nSPS) is 22.8. The van der Waals surface area contributed by atoms with Gasteiger partial charge in [0, 0.05) is 30.1 Å². The van der Waals surface area contributed by atoms with Gasteiger partial charge in [0.05, 0.1) is 12.7 Å². The molecule has 108 valence electrons. The van der Waals surface area contributed by atoms with Gasteiger partial charge in [0.2, 0.25) is 0 Å². The number of nitrogens with one attached hydrogen (secondary N) is 1. The second kappa shape index (κ2) is 7.39. The first-order valence-electron chi connectivity index (χ1n) is 7.32. The summed E-state index contributed by atoms with van der Waals surface area (Å²) in [5, 5.41) is 5.76. The maximum Gasteiger partial charge on any atom is 0.0858 e. The highest BCUT2D eigenvalue weighted by atomic mass is 32.1. The Kier molecular flexibility index (Phi) is 5.82. The maximum absolute atomic E-state index is 6.02. The van der Waals surface area contributed by atoms with Crippen LogP contribution < -0.4 is 5.32 Å². The van der Waals surface area contributed by atoms with Crippen LogP contribution in [0.3, 0.4) is 0 Å². The molecule has 2 heterocycles. The molecule has 1 saturated heterocycles. The van der Waals surface area contributed by atoms with Crippen LogP contribution in [0.1, 0.15) is 25.6 Å². The zero-order valence-corrected chi connectivity index (χ0v) is 13.1. The SMILES string of the molecule is CCNC(Cc1cccs1)C1CN(C(C)C)CCO1. The van der Waals surface area contributed by atoms with Crippen molar-refractivity contribution in [2.24, 2.45) is 0 Å². The molecule has 1 N–H and O–H groups in total. The molecule has 1 aromatic heterocycles. The van der Waals surface area contributed by atoms with E-state index in [0.717, 1.165) is 32.7 Å². The number of hydrogen-bond acceptors (Lipinski definition) is 4. The first-order chi connectivity index (χ1) is 9.20. The fraction of sp³-hybridized carbons (Fsp3) is 0.733. The Bertz CT molecular complexity index is 353. The average molecular weight is 282 g/mol. The lowest BCUT2D eigenvalue weighted by molar-refractivity contribution is -0.0549. The maximum atomic E-state index is 6.02. The van der Waals surface area contributed by atoms with Gasteiger partial charge in [-0.3, -0.25) is 4.90 Å². The van der Waals surface area contributed by atoms with E-state index in [9.17, 15) is 0 Å². The minimum atomic E-state index is 0.304. The lowest BCUT2D eigenvalue weighted by atomic mass is 10.0. The Morgan fingerprint density at radius 3 is 3.00 bits per heavy atom. The van der Waals surface area contributed by atoms with Crippen LogP contribution in [0.15, 0.2) is 17.5 Å². The van der Waals surface area contributed by atoms with Crippen molar-refractivity contribution >= 4 is 11.3 Å². The monoisotopic (exact) mass is 282 g/mol. The van der Waals surface area contributed by atoms with E-state index in [1.165, 1.54) is 4.88 Å². The smallest absolute Gasteiger partial charge is 0.0858 e. The fourth-order valence-electron chi connectivity index (χ4n) is 2.65. The number of hydrogen-bond donors (Lipinski definition) is 1. The zero-order valence-electron chi connectivity index (χ0n) is 12.3. The summed E-state index contributed by atoms with van der Waals surface area (Å²) in [6, 6.07) is 5.38. The number of rotatable bonds is 6. The predicted octanol–water partition coefficient (Wildman–Crippen LogP) is 2.38. The van der Waals surface area contributed by atoms with Crippen molar-refractivity contribution in [3.8, 4) is 0 Å². The molecule has 1 aliphatic heterocycles. The van der Waals surface area contributed by atoms with Gasteiger partial charge < -0.3 is 10.1 Å². The predicted molar refractivity (Wildman–Crippen MR) is 81.9 cm³/mol. The highest BCUT2D eigenvalue weighted by Crippen LogP contribution is 2.17. The van der Waals surface area contributed by atoms with Crippen molar-refractivity contribution in [2.45, 2.75) is 45.4 Å². The first kappa shape index (κ1) is 15.0. The van der Waals surface area contributed by atoms with Gasteiger partial charge in [0.15, 0.2) is 0 Å². The molecular formula is C15H26N2OS. The molecule has 4 heteroatoms. The molecule has 2 atom stereocenters. The van der Waals surface area contributed by atoms with Crippen molar-refractivity contribution < 1.29 is 4.74 Å². The lowest BCUT2D eigenvalue weighted by Gasteiger charge is -2.39. The van der Waals surface area contributed by atoms with E-state index >= 15 is 0 Å². The summed E-state index contributed by atoms with van der Waals surface area (Å²) in [6.45, 7) is 10.7. The molecule has 1 aromatic rings. The van der Waals surface area contributed by atoms with Crippen LogP contribution in [0.4, 0.5) is 0 Å². The summed E-state index contributed by atoms with van der Waals surface area (Å²) in [5.74, 6) is 0. The third-order valence-corrected chi connectivity index (χ3v) is 4.67. The Morgan fingerprint density at radius 1 is 1.53 bits per heavy atom. The van der Waals surface area contributed by atoms with E-state index < -0.39 is 0 Å². The largest absolute Gasteiger partial charge is 0.374 e. The van der Waals surface area contributed by atoms with E-state index in [1.54, 1.807) is 0 Å². The highest BCUT2D eigenvalue weighted by molar-refractivity contribution is 7.09. The standard InChI is InChI=1S/C15H26N2OS/c1-4-16-14(10-13-6-5-9-19-13)15-11-17(12(2)3)7-8-18-15/h5-6,9,12,14-16H,4,7-8,10-11H2,1-3H3. The van der Waals surface area contributed by atoms with Crippen LogP contribution in [-0.4, -0.2) is 49.3 Å². The summed E-state index contributed by atoms with van der Waals surface area (Å²) in [6.07, 6.45) is 1.38. The van der Waals surface area contributed by atoms with Crippen LogP contribution in [0.2, 0.25) is 0 Å². The third-order valence-electron chi connectivity index (χ3n) is 3.77. The van der Waals surface area contributed by atoms with Crippen molar-refractivity contribution in [1.82, 2.24) is 10.2 Å². The Morgan fingerprint density at radius 2 is 2.37 bits per heavy atom. The van der Waals surface area contributed by atoms with Gasteiger partial charge in [-0.25, -0.2) is 0 Å². The van der Waals surface area contributed by atoms with E-state index in [-0.39, 0.29) is 0 Å². The van der Waals surface area contributed by atoms with Crippen LogP contribution in [0, 0.1) is 0 Å². The van der Waals surface area contributed by atoms with Crippen molar-refractivity contribution in [3.63, 3.8) is 0 Å². The van der Waals surface area contributed by atoms with Crippen molar-refractivity contribution in [3.05, 3.63) is 22.4 Å². The molecule has 1 fully saturated rings. The summed E-state index contributed by atoms with van der Waals surface area (Å²) < 4.78 is 6.02. The number of thiophene rings is 1. The van der Waals surface area contributed by atoms with E-state index in [2.05, 4.69) is 48.5 Å². The van der Waals surface area contributed by atoms with Gasteiger partial charge >= 0.3 is 0 Å². The quantitative estimate of drug-likeness (QED) is 0.867. The minimum absolute atomic E-state index is 0.304. The van der Waals surface area contributed by atoms with Gasteiger partial charge in [-0.05, 0) is 38.3 Å². The zero-order chi connectivity index (χ0) is 13.7. The second-order valence-corrected chi connectivity index (χ2v) is 6.48. The molecule has 0 aromatic carbocycles. The van der Waals surface area contributed by atoms with E-state index in [0.29, 0.717) is 18.2 Å². The van der Waals surface area contributed by atoms with Crippen LogP contribution >= 0.6 is 11.3 Å². The molecular weight excluding hydrogens is 256 g/mol. The third kappa shape index (κ3) is 4.28. The topological polar surface area (TPSA) is 24.5 Å².